The van der Waals surface area contributed by atoms with Gasteiger partial charge in [0.25, 0.3) is 0 Å². The Labute approximate surface area is 103 Å². The van der Waals surface area contributed by atoms with Crippen molar-refractivity contribution in [3.63, 3.8) is 0 Å². The highest BCUT2D eigenvalue weighted by molar-refractivity contribution is 5.25. The lowest BCUT2D eigenvalue weighted by Crippen LogP contribution is -2.33. The van der Waals surface area contributed by atoms with Crippen LogP contribution in [-0.2, 0) is 16.1 Å². The van der Waals surface area contributed by atoms with E-state index in [2.05, 4.69) is 29.6 Å². The van der Waals surface area contributed by atoms with E-state index in [-0.39, 0.29) is 6.10 Å². The molecular weight excluding hydrogens is 214 g/mol. The maximum Gasteiger partial charge on any atom is 0.0839 e. The molecule has 1 fully saturated rings. The Kier molecular flexibility index (Phi) is 4.54. The fourth-order valence-corrected chi connectivity index (χ4v) is 2.34. The van der Waals surface area contributed by atoms with Crippen LogP contribution in [-0.4, -0.2) is 26.8 Å². The van der Waals surface area contributed by atoms with Crippen LogP contribution in [0.2, 0.25) is 0 Å². The van der Waals surface area contributed by atoms with E-state index in [1.165, 1.54) is 11.1 Å². The molecule has 2 rings (SSSR count). The molecule has 17 heavy (non-hydrogen) atoms. The smallest absolute Gasteiger partial charge is 0.0839 e. The summed E-state index contributed by atoms with van der Waals surface area (Å²) in [7, 11) is 3.75. The maximum atomic E-state index is 5.85. The number of methoxy groups -OCH3 is 1. The van der Waals surface area contributed by atoms with Gasteiger partial charge in [-0.2, -0.15) is 0 Å². The van der Waals surface area contributed by atoms with Gasteiger partial charge in [-0.05, 0) is 31.0 Å². The van der Waals surface area contributed by atoms with Gasteiger partial charge in [0.2, 0.25) is 0 Å². The average Bonchev–Trinajstić information content (AvgIpc) is 2.40. The lowest BCUT2D eigenvalue weighted by molar-refractivity contribution is 0.00145. The number of nitrogens with one attached hydrogen (secondary N) is 1. The van der Waals surface area contributed by atoms with E-state index in [0.29, 0.717) is 12.6 Å². The predicted molar refractivity (Wildman–Crippen MR) is 67.9 cm³/mol. The maximum absolute atomic E-state index is 5.85. The largest absolute Gasteiger partial charge is 0.380 e. The number of hydrogen-bond donors (Lipinski definition) is 1. The van der Waals surface area contributed by atoms with E-state index in [4.69, 9.17) is 9.47 Å². The third-order valence-electron chi connectivity index (χ3n) is 3.33. The molecule has 1 heterocycles. The van der Waals surface area contributed by atoms with Gasteiger partial charge in [0.15, 0.2) is 0 Å². The third kappa shape index (κ3) is 3.28. The van der Waals surface area contributed by atoms with E-state index >= 15 is 0 Å². The van der Waals surface area contributed by atoms with Crippen LogP contribution in [0.4, 0.5) is 0 Å². The van der Waals surface area contributed by atoms with Crippen LogP contribution in [0.3, 0.4) is 0 Å². The first-order chi connectivity index (χ1) is 8.33. The van der Waals surface area contributed by atoms with E-state index < -0.39 is 0 Å². The Bertz CT molecular complexity index is 354. The monoisotopic (exact) mass is 235 g/mol. The normalized spacial score (nSPS) is 24.8. The van der Waals surface area contributed by atoms with E-state index in [1.54, 1.807) is 7.11 Å². The number of ether oxygens (including phenoxy) is 2. The van der Waals surface area contributed by atoms with E-state index in [9.17, 15) is 0 Å². The second kappa shape index (κ2) is 6.15. The molecule has 3 heteroatoms. The zero-order chi connectivity index (χ0) is 12.1. The Morgan fingerprint density at radius 2 is 2.35 bits per heavy atom. The molecule has 1 N–H and O–H groups in total. The fourth-order valence-electron chi connectivity index (χ4n) is 2.34. The van der Waals surface area contributed by atoms with Crippen LogP contribution >= 0.6 is 0 Å². The second-order valence-corrected chi connectivity index (χ2v) is 4.55. The Morgan fingerprint density at radius 3 is 3.12 bits per heavy atom. The molecule has 0 radical (unpaired) electrons. The molecule has 0 spiro atoms. The van der Waals surface area contributed by atoms with Gasteiger partial charge in [-0.3, -0.25) is 0 Å². The number of hydrogen-bond acceptors (Lipinski definition) is 3. The van der Waals surface area contributed by atoms with Crippen molar-refractivity contribution in [2.75, 3.05) is 20.8 Å². The van der Waals surface area contributed by atoms with Gasteiger partial charge < -0.3 is 14.8 Å². The molecule has 0 aliphatic carbocycles. The molecule has 1 saturated heterocycles. The summed E-state index contributed by atoms with van der Waals surface area (Å²) in [5.74, 6) is 0. The highest BCUT2D eigenvalue weighted by Gasteiger charge is 2.22. The van der Waals surface area contributed by atoms with E-state index in [1.807, 2.05) is 7.05 Å². The third-order valence-corrected chi connectivity index (χ3v) is 3.33. The molecule has 0 bridgehead atoms. The van der Waals surface area contributed by atoms with Crippen LogP contribution in [0, 0.1) is 0 Å². The standard InChI is InChI=1S/C14H21NO2/c1-15-13-6-7-17-14(9-13)12-5-3-4-11(8-12)10-16-2/h3-5,8,13-15H,6-7,9-10H2,1-2H3. The lowest BCUT2D eigenvalue weighted by atomic mass is 9.96. The Hall–Kier alpha value is -0.900. The number of benzene rings is 1. The second-order valence-electron chi connectivity index (χ2n) is 4.55. The molecule has 0 saturated carbocycles. The average molecular weight is 235 g/mol. The summed E-state index contributed by atoms with van der Waals surface area (Å²) in [4.78, 5) is 0. The van der Waals surface area contributed by atoms with Gasteiger partial charge in [0.05, 0.1) is 12.7 Å². The molecule has 1 aliphatic heterocycles. The summed E-state index contributed by atoms with van der Waals surface area (Å²) in [6.07, 6.45) is 2.37. The van der Waals surface area contributed by atoms with Gasteiger partial charge >= 0.3 is 0 Å². The molecule has 3 nitrogen and oxygen atoms in total. The minimum Gasteiger partial charge on any atom is -0.380 e. The van der Waals surface area contributed by atoms with Crippen LogP contribution in [0.25, 0.3) is 0 Å². The van der Waals surface area contributed by atoms with Crippen molar-refractivity contribution in [2.45, 2.75) is 31.6 Å². The molecule has 94 valence electrons. The molecule has 0 aromatic heterocycles. The Balaban J connectivity index is 2.07. The highest BCUT2D eigenvalue weighted by atomic mass is 16.5. The molecule has 1 aliphatic rings. The van der Waals surface area contributed by atoms with Crippen molar-refractivity contribution in [3.05, 3.63) is 35.4 Å². The zero-order valence-corrected chi connectivity index (χ0v) is 10.6. The summed E-state index contributed by atoms with van der Waals surface area (Å²) in [5, 5.41) is 3.34. The SMILES string of the molecule is CNC1CCOC(c2cccc(COC)c2)C1. The van der Waals surface area contributed by atoms with Crippen molar-refractivity contribution in [2.24, 2.45) is 0 Å². The first-order valence-electron chi connectivity index (χ1n) is 6.20. The predicted octanol–water partition coefficient (Wildman–Crippen LogP) is 2.27. The molecular formula is C14H21NO2. The van der Waals surface area contributed by atoms with Gasteiger partial charge in [0.1, 0.15) is 0 Å². The summed E-state index contributed by atoms with van der Waals surface area (Å²) in [6.45, 7) is 1.50. The van der Waals surface area contributed by atoms with Crippen LogP contribution in [0.15, 0.2) is 24.3 Å². The van der Waals surface area contributed by atoms with Crippen LogP contribution in [0.5, 0.6) is 0 Å². The summed E-state index contributed by atoms with van der Waals surface area (Å²) >= 11 is 0. The van der Waals surface area contributed by atoms with Crippen LogP contribution in [0.1, 0.15) is 30.1 Å². The van der Waals surface area contributed by atoms with Gasteiger partial charge in [0, 0.05) is 19.8 Å². The minimum absolute atomic E-state index is 0.220. The van der Waals surface area contributed by atoms with Crippen molar-refractivity contribution in [1.29, 1.82) is 0 Å². The highest BCUT2D eigenvalue weighted by Crippen LogP contribution is 2.28. The summed E-state index contributed by atoms with van der Waals surface area (Å²) in [6, 6.07) is 9.06. The summed E-state index contributed by atoms with van der Waals surface area (Å²) < 4.78 is 11.0. The van der Waals surface area contributed by atoms with E-state index in [0.717, 1.165) is 19.4 Å². The van der Waals surface area contributed by atoms with Gasteiger partial charge in [-0.1, -0.05) is 24.3 Å². The van der Waals surface area contributed by atoms with Crippen molar-refractivity contribution >= 4 is 0 Å². The Morgan fingerprint density at radius 1 is 1.47 bits per heavy atom. The number of rotatable bonds is 4. The molecule has 2 unspecified atom stereocenters. The van der Waals surface area contributed by atoms with Crippen molar-refractivity contribution < 1.29 is 9.47 Å². The van der Waals surface area contributed by atoms with Crippen LogP contribution < -0.4 is 5.32 Å². The molecule has 1 aromatic carbocycles. The van der Waals surface area contributed by atoms with Gasteiger partial charge in [-0.15, -0.1) is 0 Å². The summed E-state index contributed by atoms with van der Waals surface area (Å²) in [5.41, 5.74) is 2.47. The zero-order valence-electron chi connectivity index (χ0n) is 10.6. The van der Waals surface area contributed by atoms with Gasteiger partial charge in [-0.25, -0.2) is 0 Å². The topological polar surface area (TPSA) is 30.5 Å². The fraction of sp³-hybridized carbons (Fsp3) is 0.571. The quantitative estimate of drug-likeness (QED) is 0.868. The first kappa shape index (κ1) is 12.6. The first-order valence-corrected chi connectivity index (χ1v) is 6.20. The van der Waals surface area contributed by atoms with Crippen molar-refractivity contribution in [1.82, 2.24) is 5.32 Å². The van der Waals surface area contributed by atoms with Crippen molar-refractivity contribution in [3.8, 4) is 0 Å². The molecule has 1 aromatic rings. The minimum atomic E-state index is 0.220. The molecule has 2 atom stereocenters. The lowest BCUT2D eigenvalue weighted by Gasteiger charge is -2.29. The molecule has 0 amide bonds.